The average molecular weight is 628 g/mol. The number of hydrogen-bond acceptors (Lipinski definition) is 7. The summed E-state index contributed by atoms with van der Waals surface area (Å²) in [6, 6.07) is 28.6. The third kappa shape index (κ3) is 5.81. The fraction of sp³-hybridized carbons (Fsp3) is 0.0938. The van der Waals surface area contributed by atoms with E-state index in [9.17, 15) is 17.6 Å². The number of carbonyl (C=O) groups excluding carboxylic acids is 1. The first-order valence-electron chi connectivity index (χ1n) is 13.5. The number of para-hydroxylation sites is 1. The van der Waals surface area contributed by atoms with Gasteiger partial charge in [-0.25, -0.2) is 16.8 Å². The maximum atomic E-state index is 13.7. The van der Waals surface area contributed by atoms with Crippen molar-refractivity contribution in [2.24, 2.45) is 0 Å². The van der Waals surface area contributed by atoms with Gasteiger partial charge in [-0.2, -0.15) is 0 Å². The Balaban J connectivity index is 1.39. The quantitative estimate of drug-likeness (QED) is 0.195. The van der Waals surface area contributed by atoms with Crippen molar-refractivity contribution in [1.82, 2.24) is 24.1 Å². The lowest BCUT2D eigenvalue weighted by Gasteiger charge is -2.11. The molecule has 0 saturated carbocycles. The summed E-state index contributed by atoms with van der Waals surface area (Å²) in [6.45, 7) is 0.253. The molecule has 2 heterocycles. The Morgan fingerprint density at radius 1 is 0.932 bits per heavy atom. The molecule has 0 atom stereocenters. The number of nitrogens with one attached hydrogen (secondary N) is 1. The molecule has 6 rings (SSSR count). The molecule has 12 heteroatoms. The summed E-state index contributed by atoms with van der Waals surface area (Å²) in [5.41, 5.74) is 2.47. The van der Waals surface area contributed by atoms with Crippen LogP contribution in [0.5, 0.6) is 5.75 Å². The number of halogens is 1. The van der Waals surface area contributed by atoms with Gasteiger partial charge in [0.05, 0.1) is 29.0 Å². The molecule has 44 heavy (non-hydrogen) atoms. The minimum atomic E-state index is -3.93. The highest BCUT2D eigenvalue weighted by molar-refractivity contribution is 7.99. The molecule has 4 aromatic carbocycles. The van der Waals surface area contributed by atoms with Crippen LogP contribution in [0.4, 0.5) is 4.39 Å². The number of ether oxygens (including phenoxy) is 1. The van der Waals surface area contributed by atoms with E-state index in [0.717, 1.165) is 5.56 Å². The second-order valence-electron chi connectivity index (χ2n) is 9.71. The van der Waals surface area contributed by atoms with Gasteiger partial charge in [-0.05, 0) is 48.0 Å². The largest absolute Gasteiger partial charge is 0.497 e. The fourth-order valence-corrected chi connectivity index (χ4v) is 6.91. The predicted octanol–water partition coefficient (Wildman–Crippen LogP) is 5.68. The van der Waals surface area contributed by atoms with Crippen LogP contribution in [0.15, 0.2) is 119 Å². The van der Waals surface area contributed by atoms with Crippen molar-refractivity contribution in [3.05, 3.63) is 121 Å². The zero-order valence-electron chi connectivity index (χ0n) is 23.4. The van der Waals surface area contributed by atoms with Gasteiger partial charge >= 0.3 is 0 Å². The lowest BCUT2D eigenvalue weighted by molar-refractivity contribution is -0.118. The third-order valence-corrected chi connectivity index (χ3v) is 9.52. The molecule has 222 valence electrons. The van der Waals surface area contributed by atoms with Crippen molar-refractivity contribution in [3.63, 3.8) is 0 Å². The second-order valence-corrected chi connectivity index (χ2v) is 12.5. The number of aromatic nitrogens is 4. The third-order valence-electron chi connectivity index (χ3n) is 6.90. The zero-order valence-corrected chi connectivity index (χ0v) is 25.1. The van der Waals surface area contributed by atoms with E-state index in [0.29, 0.717) is 38.9 Å². The molecule has 0 unspecified atom stereocenters. The van der Waals surface area contributed by atoms with E-state index in [-0.39, 0.29) is 28.9 Å². The van der Waals surface area contributed by atoms with E-state index < -0.39 is 10.0 Å². The molecule has 0 saturated heterocycles. The number of hydrogen-bond donors (Lipinski definition) is 1. The average Bonchev–Trinajstić information content (AvgIpc) is 3.66. The van der Waals surface area contributed by atoms with Crippen LogP contribution in [0.2, 0.25) is 0 Å². The molecule has 0 spiro atoms. The van der Waals surface area contributed by atoms with Gasteiger partial charge in [0.1, 0.15) is 11.6 Å². The molecular weight excluding hydrogens is 602 g/mol. The number of fused-ring (bicyclic) bond motifs is 1. The highest BCUT2D eigenvalue weighted by Gasteiger charge is 2.25. The first-order chi connectivity index (χ1) is 21.3. The fourth-order valence-electron chi connectivity index (χ4n) is 4.74. The number of benzene rings is 4. The van der Waals surface area contributed by atoms with E-state index >= 15 is 0 Å². The molecule has 1 N–H and O–H groups in total. The van der Waals surface area contributed by atoms with E-state index in [2.05, 4.69) is 15.5 Å². The van der Waals surface area contributed by atoms with E-state index in [4.69, 9.17) is 4.74 Å². The minimum Gasteiger partial charge on any atom is -0.497 e. The van der Waals surface area contributed by atoms with Gasteiger partial charge in [-0.1, -0.05) is 66.4 Å². The lowest BCUT2D eigenvalue weighted by Crippen LogP contribution is -2.24. The summed E-state index contributed by atoms with van der Waals surface area (Å²) in [6.07, 6.45) is 1.55. The molecule has 0 aliphatic heterocycles. The molecule has 2 aromatic heterocycles. The maximum Gasteiger partial charge on any atom is 0.268 e. The summed E-state index contributed by atoms with van der Waals surface area (Å²) >= 11 is 1.18. The van der Waals surface area contributed by atoms with Crippen molar-refractivity contribution < 1.29 is 22.3 Å². The second kappa shape index (κ2) is 12.3. The van der Waals surface area contributed by atoms with Gasteiger partial charge in [0.2, 0.25) is 5.91 Å². The van der Waals surface area contributed by atoms with E-state index in [1.165, 1.54) is 27.9 Å². The maximum absolute atomic E-state index is 13.7. The normalized spacial score (nSPS) is 11.5. The summed E-state index contributed by atoms with van der Waals surface area (Å²) in [7, 11) is -2.36. The Kier molecular flexibility index (Phi) is 8.18. The van der Waals surface area contributed by atoms with Crippen molar-refractivity contribution >= 4 is 38.6 Å². The van der Waals surface area contributed by atoms with Crippen LogP contribution in [0, 0.1) is 5.82 Å². The van der Waals surface area contributed by atoms with Crippen LogP contribution in [0.3, 0.4) is 0 Å². The smallest absolute Gasteiger partial charge is 0.268 e. The Labute approximate surface area is 257 Å². The van der Waals surface area contributed by atoms with E-state index in [1.807, 2.05) is 36.4 Å². The molecular formula is C32H26FN5O4S2. The van der Waals surface area contributed by atoms with Crippen LogP contribution in [-0.2, 0) is 21.4 Å². The standard InChI is InChI=1S/C32H26FN5O4S2/c1-42-25-9-7-8-24(18-25)38-31(35-36-32(38)43-21-30(39)34-19-22-14-16-23(33)17-15-22)28-20-37(29-13-6-5-12-27(28)29)44(40,41)26-10-3-2-4-11-26/h2-18,20H,19,21H2,1H3,(H,34,39). The molecule has 1 amide bonds. The highest BCUT2D eigenvalue weighted by Crippen LogP contribution is 2.36. The van der Waals surface area contributed by atoms with Crippen LogP contribution < -0.4 is 10.1 Å². The Morgan fingerprint density at radius 3 is 2.45 bits per heavy atom. The summed E-state index contributed by atoms with van der Waals surface area (Å²) in [5, 5.41) is 12.8. The van der Waals surface area contributed by atoms with Crippen LogP contribution in [-0.4, -0.2) is 45.9 Å². The van der Waals surface area contributed by atoms with Crippen molar-refractivity contribution in [2.75, 3.05) is 12.9 Å². The SMILES string of the molecule is COc1cccc(-n2c(SCC(=O)NCc3ccc(F)cc3)nnc2-c2cn(S(=O)(=O)c3ccccc3)c3ccccc23)c1. The summed E-state index contributed by atoms with van der Waals surface area (Å²) in [4.78, 5) is 12.9. The van der Waals surface area contributed by atoms with Gasteiger partial charge in [0.15, 0.2) is 11.0 Å². The predicted molar refractivity (Wildman–Crippen MR) is 167 cm³/mol. The monoisotopic (exact) mass is 627 g/mol. The first-order valence-corrected chi connectivity index (χ1v) is 15.9. The van der Waals surface area contributed by atoms with Gasteiger partial charge < -0.3 is 10.1 Å². The summed E-state index contributed by atoms with van der Waals surface area (Å²) in [5.74, 6) is 0.443. The number of methoxy groups -OCH3 is 1. The lowest BCUT2D eigenvalue weighted by atomic mass is 10.1. The Morgan fingerprint density at radius 2 is 1.68 bits per heavy atom. The molecule has 0 radical (unpaired) electrons. The van der Waals surface area contributed by atoms with Gasteiger partial charge in [-0.3, -0.25) is 9.36 Å². The molecule has 0 aliphatic rings. The zero-order chi connectivity index (χ0) is 30.7. The number of amides is 1. The van der Waals surface area contributed by atoms with Crippen molar-refractivity contribution in [3.8, 4) is 22.8 Å². The number of carbonyl (C=O) groups is 1. The van der Waals surface area contributed by atoms with Crippen molar-refractivity contribution in [2.45, 2.75) is 16.6 Å². The molecule has 0 bridgehead atoms. The Bertz CT molecular complexity index is 2060. The number of thioether (sulfide) groups is 1. The van der Waals surface area contributed by atoms with Crippen LogP contribution in [0.1, 0.15) is 5.56 Å². The van der Waals surface area contributed by atoms with E-state index in [1.54, 1.807) is 72.5 Å². The topological polar surface area (TPSA) is 108 Å². The molecule has 0 aliphatic carbocycles. The molecule has 9 nitrogen and oxygen atoms in total. The van der Waals surface area contributed by atoms with Crippen LogP contribution in [0.25, 0.3) is 28.0 Å². The van der Waals surface area contributed by atoms with Gasteiger partial charge in [-0.15, -0.1) is 10.2 Å². The number of rotatable bonds is 10. The first kappa shape index (κ1) is 29.1. The summed E-state index contributed by atoms with van der Waals surface area (Å²) < 4.78 is 49.2. The van der Waals surface area contributed by atoms with Gasteiger partial charge in [0, 0.05) is 29.8 Å². The Hall–Kier alpha value is -4.94. The highest BCUT2D eigenvalue weighted by atomic mass is 32.2. The van der Waals surface area contributed by atoms with Gasteiger partial charge in [0.25, 0.3) is 10.0 Å². The van der Waals surface area contributed by atoms with Crippen molar-refractivity contribution in [1.29, 1.82) is 0 Å². The number of nitrogens with zero attached hydrogens (tertiary/aromatic N) is 4. The molecule has 6 aromatic rings. The van der Waals surface area contributed by atoms with Crippen LogP contribution >= 0.6 is 11.8 Å². The molecule has 0 fully saturated rings. The minimum absolute atomic E-state index is 0.0352.